The highest BCUT2D eigenvalue weighted by molar-refractivity contribution is 5.86. The van der Waals surface area contributed by atoms with Gasteiger partial charge in [-0.2, -0.15) is 0 Å². The fourth-order valence-electron chi connectivity index (χ4n) is 4.59. The van der Waals surface area contributed by atoms with Crippen molar-refractivity contribution in [1.29, 1.82) is 0 Å². The molecule has 1 aromatic heterocycles. The molecular formula is C24H25N3. The molecule has 1 atom stereocenters. The van der Waals surface area contributed by atoms with Gasteiger partial charge in [-0.05, 0) is 49.8 Å². The summed E-state index contributed by atoms with van der Waals surface area (Å²) < 4.78 is 0. The summed E-state index contributed by atoms with van der Waals surface area (Å²) in [5.74, 6) is 0. The van der Waals surface area contributed by atoms with Gasteiger partial charge in [-0.15, -0.1) is 0 Å². The maximum absolute atomic E-state index is 5.07. The fraction of sp³-hybridized carbons (Fsp3) is 0.292. The van der Waals surface area contributed by atoms with Crippen LogP contribution in [0.3, 0.4) is 0 Å². The first-order chi connectivity index (χ1) is 13.3. The Balaban J connectivity index is 1.62. The smallest absolute Gasteiger partial charge is 0.149 e. The first kappa shape index (κ1) is 16.4. The molecule has 3 heteroatoms. The van der Waals surface area contributed by atoms with Crippen LogP contribution in [-0.2, 0) is 6.54 Å². The number of nitrogens with one attached hydrogen (secondary N) is 1. The Morgan fingerprint density at radius 1 is 1.00 bits per heavy atom. The van der Waals surface area contributed by atoms with Gasteiger partial charge in [0.25, 0.3) is 0 Å². The number of rotatable bonds is 3. The lowest BCUT2D eigenvalue weighted by Crippen LogP contribution is -2.32. The van der Waals surface area contributed by atoms with Crippen LogP contribution in [0.4, 0.5) is 0 Å². The Hall–Kier alpha value is -2.81. The van der Waals surface area contributed by atoms with Crippen LogP contribution in [0.15, 0.2) is 70.9 Å². The van der Waals surface area contributed by atoms with E-state index in [4.69, 9.17) is 4.99 Å². The number of fused-ring (bicyclic) bond motifs is 1. The van der Waals surface area contributed by atoms with Gasteiger partial charge in [-0.25, -0.2) is 0 Å². The lowest BCUT2D eigenvalue weighted by molar-refractivity contribution is 0.233. The summed E-state index contributed by atoms with van der Waals surface area (Å²) in [6.45, 7) is 3.08. The second kappa shape index (κ2) is 6.73. The highest BCUT2D eigenvalue weighted by atomic mass is 15.3. The highest BCUT2D eigenvalue weighted by Crippen LogP contribution is 2.41. The number of para-hydroxylation sites is 1. The van der Waals surface area contributed by atoms with Crippen molar-refractivity contribution in [3.05, 3.63) is 82.7 Å². The maximum atomic E-state index is 5.07. The van der Waals surface area contributed by atoms with Crippen molar-refractivity contribution >= 4 is 17.1 Å². The molecule has 136 valence electrons. The molecule has 0 saturated heterocycles. The van der Waals surface area contributed by atoms with Crippen LogP contribution in [0.2, 0.25) is 0 Å². The van der Waals surface area contributed by atoms with Crippen LogP contribution < -0.4 is 0 Å². The van der Waals surface area contributed by atoms with Gasteiger partial charge in [0, 0.05) is 40.6 Å². The summed E-state index contributed by atoms with van der Waals surface area (Å²) in [6.07, 6.45) is 7.06. The normalized spacial score (nSPS) is 19.6. The van der Waals surface area contributed by atoms with E-state index in [1.807, 2.05) is 0 Å². The third-order valence-electron chi connectivity index (χ3n) is 5.89. The third kappa shape index (κ3) is 2.87. The second-order valence-electron chi connectivity index (χ2n) is 7.65. The third-order valence-corrected chi connectivity index (χ3v) is 5.89. The van der Waals surface area contributed by atoms with E-state index in [0.29, 0.717) is 0 Å². The van der Waals surface area contributed by atoms with Crippen molar-refractivity contribution < 1.29 is 0 Å². The standard InChI is InChI=1S/C24H25N3/c1-17-23(20-12-6-7-13-21(20)26-17)24-25-15-19-11-5-8-14-22(19)27(24)16-18-9-3-2-4-10-18/h2-4,6-7,9-10,12-13,15,24,26H,5,8,11,14,16H2,1H3. The van der Waals surface area contributed by atoms with Crippen molar-refractivity contribution in [2.45, 2.75) is 45.3 Å². The predicted molar refractivity (Wildman–Crippen MR) is 112 cm³/mol. The summed E-state index contributed by atoms with van der Waals surface area (Å²) in [6, 6.07) is 19.4. The Bertz CT molecular complexity index is 1030. The van der Waals surface area contributed by atoms with E-state index >= 15 is 0 Å². The van der Waals surface area contributed by atoms with E-state index in [2.05, 4.69) is 77.6 Å². The molecule has 2 aliphatic rings. The van der Waals surface area contributed by atoms with E-state index in [-0.39, 0.29) is 6.17 Å². The number of nitrogens with zero attached hydrogens (tertiary/aromatic N) is 2. The number of aromatic amines is 1. The molecule has 1 N–H and O–H groups in total. The molecule has 2 aromatic carbocycles. The van der Waals surface area contributed by atoms with E-state index in [0.717, 1.165) is 19.4 Å². The molecule has 0 amide bonds. The Kier molecular flexibility index (Phi) is 4.08. The van der Waals surface area contributed by atoms with Crippen molar-refractivity contribution in [3.63, 3.8) is 0 Å². The van der Waals surface area contributed by atoms with Gasteiger partial charge in [-0.1, -0.05) is 48.5 Å². The lowest BCUT2D eigenvalue weighted by Gasteiger charge is -2.39. The molecule has 1 aliphatic heterocycles. The van der Waals surface area contributed by atoms with Crippen LogP contribution in [0.1, 0.15) is 48.7 Å². The molecule has 0 radical (unpaired) electrons. The van der Waals surface area contributed by atoms with Gasteiger partial charge in [0.1, 0.15) is 6.17 Å². The zero-order chi connectivity index (χ0) is 18.2. The van der Waals surface area contributed by atoms with Crippen LogP contribution >= 0.6 is 0 Å². The van der Waals surface area contributed by atoms with Crippen LogP contribution in [0.25, 0.3) is 10.9 Å². The largest absolute Gasteiger partial charge is 0.358 e. The van der Waals surface area contributed by atoms with Crippen molar-refractivity contribution in [2.24, 2.45) is 4.99 Å². The Morgan fingerprint density at radius 2 is 1.78 bits per heavy atom. The number of aryl methyl sites for hydroxylation is 1. The summed E-state index contributed by atoms with van der Waals surface area (Å²) in [4.78, 5) is 11.2. The van der Waals surface area contributed by atoms with Gasteiger partial charge < -0.3 is 9.88 Å². The quantitative estimate of drug-likeness (QED) is 0.624. The minimum Gasteiger partial charge on any atom is -0.358 e. The second-order valence-corrected chi connectivity index (χ2v) is 7.65. The molecule has 1 unspecified atom stereocenters. The maximum Gasteiger partial charge on any atom is 0.149 e. The number of hydrogen-bond donors (Lipinski definition) is 1. The molecule has 2 heterocycles. The molecule has 1 aliphatic carbocycles. The predicted octanol–water partition coefficient (Wildman–Crippen LogP) is 5.89. The molecule has 3 nitrogen and oxygen atoms in total. The van der Waals surface area contributed by atoms with Crippen molar-refractivity contribution in [1.82, 2.24) is 9.88 Å². The van der Waals surface area contributed by atoms with Crippen LogP contribution in [-0.4, -0.2) is 16.1 Å². The number of aromatic nitrogens is 1. The average molecular weight is 355 g/mol. The van der Waals surface area contributed by atoms with Crippen molar-refractivity contribution in [3.8, 4) is 0 Å². The molecule has 0 fully saturated rings. The monoisotopic (exact) mass is 355 g/mol. The average Bonchev–Trinajstić information content (AvgIpc) is 3.05. The fourth-order valence-corrected chi connectivity index (χ4v) is 4.59. The highest BCUT2D eigenvalue weighted by Gasteiger charge is 2.31. The Morgan fingerprint density at radius 3 is 2.67 bits per heavy atom. The molecule has 0 spiro atoms. The number of H-pyrrole nitrogens is 1. The van der Waals surface area contributed by atoms with Gasteiger partial charge in [-0.3, -0.25) is 4.99 Å². The zero-order valence-corrected chi connectivity index (χ0v) is 15.8. The number of benzene rings is 2. The molecule has 5 rings (SSSR count). The summed E-state index contributed by atoms with van der Waals surface area (Å²) in [5.41, 5.74) is 8.00. The topological polar surface area (TPSA) is 31.4 Å². The minimum absolute atomic E-state index is 0.0400. The molecule has 27 heavy (non-hydrogen) atoms. The van der Waals surface area contributed by atoms with Crippen LogP contribution in [0, 0.1) is 6.92 Å². The van der Waals surface area contributed by atoms with E-state index in [1.165, 1.54) is 51.8 Å². The van der Waals surface area contributed by atoms with Crippen LogP contribution in [0.5, 0.6) is 0 Å². The number of aliphatic imine (C=N–C) groups is 1. The van der Waals surface area contributed by atoms with Gasteiger partial charge in [0.15, 0.2) is 0 Å². The van der Waals surface area contributed by atoms with Gasteiger partial charge in [0.2, 0.25) is 0 Å². The Labute approximate surface area is 160 Å². The van der Waals surface area contributed by atoms with E-state index in [1.54, 1.807) is 0 Å². The molecular weight excluding hydrogens is 330 g/mol. The first-order valence-corrected chi connectivity index (χ1v) is 9.94. The summed E-state index contributed by atoms with van der Waals surface area (Å²) in [7, 11) is 0. The molecule has 0 saturated carbocycles. The lowest BCUT2D eigenvalue weighted by atomic mass is 9.93. The summed E-state index contributed by atoms with van der Waals surface area (Å²) in [5, 5.41) is 1.29. The number of hydrogen-bond acceptors (Lipinski definition) is 2. The van der Waals surface area contributed by atoms with Gasteiger partial charge >= 0.3 is 0 Å². The minimum atomic E-state index is 0.0400. The molecule has 3 aromatic rings. The molecule has 0 bridgehead atoms. The van der Waals surface area contributed by atoms with Gasteiger partial charge in [0.05, 0.1) is 0 Å². The SMILES string of the molecule is Cc1[nH]c2ccccc2c1C1N=CC2=C(CCCC2)N1Cc1ccccc1. The van der Waals surface area contributed by atoms with E-state index < -0.39 is 0 Å². The zero-order valence-electron chi connectivity index (χ0n) is 15.8. The van der Waals surface area contributed by atoms with Crippen molar-refractivity contribution in [2.75, 3.05) is 0 Å². The first-order valence-electron chi connectivity index (χ1n) is 9.94. The summed E-state index contributed by atoms with van der Waals surface area (Å²) >= 11 is 0. The number of allylic oxidation sites excluding steroid dienone is 2. The van der Waals surface area contributed by atoms with E-state index in [9.17, 15) is 0 Å².